The van der Waals surface area contributed by atoms with Crippen molar-refractivity contribution in [2.45, 2.75) is 50.8 Å². The maximum atomic E-state index is 11.3. The zero-order valence-electron chi connectivity index (χ0n) is 21.5. The van der Waals surface area contributed by atoms with E-state index in [9.17, 15) is 8.42 Å². The van der Waals surface area contributed by atoms with Gasteiger partial charge in [0.15, 0.2) is 15.0 Å². The van der Waals surface area contributed by atoms with Gasteiger partial charge in [0, 0.05) is 29.7 Å². The van der Waals surface area contributed by atoms with Crippen molar-refractivity contribution >= 4 is 26.3 Å². The third kappa shape index (κ3) is 6.59. The second-order valence-corrected chi connectivity index (χ2v) is 12.9. The van der Waals surface area contributed by atoms with E-state index in [-0.39, 0.29) is 4.90 Å². The molecule has 1 fully saturated rings. The van der Waals surface area contributed by atoms with Gasteiger partial charge < -0.3 is 14.8 Å². The molecule has 5 rings (SSSR count). The van der Waals surface area contributed by atoms with E-state index in [1.165, 1.54) is 43.9 Å². The van der Waals surface area contributed by atoms with Crippen LogP contribution >= 0.6 is 11.3 Å². The van der Waals surface area contributed by atoms with E-state index in [0.717, 1.165) is 59.1 Å². The van der Waals surface area contributed by atoms with Gasteiger partial charge >= 0.3 is 0 Å². The first kappa shape index (κ1) is 26.5. The molecule has 2 heterocycles. The van der Waals surface area contributed by atoms with Crippen molar-refractivity contribution in [1.29, 1.82) is 0 Å². The van der Waals surface area contributed by atoms with Crippen LogP contribution in [-0.2, 0) is 16.3 Å². The van der Waals surface area contributed by atoms with Gasteiger partial charge in [-0.1, -0.05) is 38.0 Å². The average Bonchev–Trinajstić information content (AvgIpc) is 3.18. The van der Waals surface area contributed by atoms with Gasteiger partial charge in [-0.2, -0.15) is 0 Å². The number of hydrogen-bond donors (Lipinski definition) is 1. The molecule has 1 aliphatic heterocycles. The second kappa shape index (κ2) is 11.6. The third-order valence-corrected chi connectivity index (χ3v) is 9.01. The summed E-state index contributed by atoms with van der Waals surface area (Å²) in [4.78, 5) is 6.47. The average molecular weight is 529 g/mol. The molecule has 1 aliphatic carbocycles. The Morgan fingerprint density at radius 1 is 1.14 bits per heavy atom. The van der Waals surface area contributed by atoms with E-state index >= 15 is 0 Å². The number of benzene rings is 2. The predicted molar refractivity (Wildman–Crippen MR) is 147 cm³/mol. The van der Waals surface area contributed by atoms with E-state index in [1.54, 1.807) is 23.5 Å². The van der Waals surface area contributed by atoms with Crippen LogP contribution in [0.2, 0.25) is 0 Å². The predicted octanol–water partition coefficient (Wildman–Crippen LogP) is 6.39. The largest absolute Gasteiger partial charge is 0.495 e. The zero-order valence-corrected chi connectivity index (χ0v) is 23.2. The lowest BCUT2D eigenvalue weighted by Crippen LogP contribution is -2.20. The minimum atomic E-state index is -3.19. The van der Waals surface area contributed by atoms with Crippen molar-refractivity contribution < 1.29 is 17.9 Å². The van der Waals surface area contributed by atoms with Gasteiger partial charge in [-0.15, -0.1) is 11.3 Å². The highest BCUT2D eigenvalue weighted by Crippen LogP contribution is 2.39. The molecule has 6 nitrogen and oxygen atoms in total. The molecule has 1 N–H and O–H groups in total. The zero-order chi connectivity index (χ0) is 25.7. The van der Waals surface area contributed by atoms with Crippen LogP contribution in [0.3, 0.4) is 0 Å². The fourth-order valence-corrected chi connectivity index (χ4v) is 6.57. The van der Waals surface area contributed by atoms with E-state index in [0.29, 0.717) is 5.75 Å². The van der Waals surface area contributed by atoms with Crippen molar-refractivity contribution in [3.63, 3.8) is 0 Å². The van der Waals surface area contributed by atoms with Crippen molar-refractivity contribution in [1.82, 2.24) is 4.98 Å². The number of thiazole rings is 1. The Morgan fingerprint density at radius 2 is 1.89 bits per heavy atom. The highest BCUT2D eigenvalue weighted by atomic mass is 32.2. The number of methoxy groups -OCH3 is 1. The third-order valence-electron chi connectivity index (χ3n) is 6.82. The Labute approximate surface area is 219 Å². The molecule has 1 saturated carbocycles. The molecule has 0 spiro atoms. The normalized spacial score (nSPS) is 19.0. The van der Waals surface area contributed by atoms with E-state index in [4.69, 9.17) is 14.5 Å². The summed E-state index contributed by atoms with van der Waals surface area (Å²) < 4.78 is 33.4. The lowest BCUT2D eigenvalue weighted by molar-refractivity contribution is 0.300. The number of para-hydroxylation sites is 1. The summed E-state index contributed by atoms with van der Waals surface area (Å²) in [6.45, 7) is 6.03. The van der Waals surface area contributed by atoms with Gasteiger partial charge in [0.25, 0.3) is 0 Å². The molecule has 0 atom stereocenters. The van der Waals surface area contributed by atoms with Crippen LogP contribution in [0.4, 0.5) is 5.13 Å². The Balaban J connectivity index is 0.000000200. The molecule has 36 heavy (non-hydrogen) atoms. The van der Waals surface area contributed by atoms with Crippen molar-refractivity contribution in [3.8, 4) is 22.8 Å². The molecule has 0 saturated heterocycles. The monoisotopic (exact) mass is 528 g/mol. The summed E-state index contributed by atoms with van der Waals surface area (Å²) in [5.41, 5.74) is 3.15. The molecular formula is C28H36N2O4S2. The van der Waals surface area contributed by atoms with Crippen molar-refractivity contribution in [3.05, 3.63) is 52.9 Å². The van der Waals surface area contributed by atoms with Gasteiger partial charge in [-0.25, -0.2) is 13.4 Å². The number of ether oxygens (including phenoxy) is 2. The molecule has 0 unspecified atom stereocenters. The van der Waals surface area contributed by atoms with Crippen molar-refractivity contribution in [2.75, 3.05) is 31.8 Å². The van der Waals surface area contributed by atoms with Crippen LogP contribution in [0.1, 0.15) is 43.0 Å². The first-order valence-corrected chi connectivity index (χ1v) is 15.3. The summed E-state index contributed by atoms with van der Waals surface area (Å²) in [6.07, 6.45) is 7.59. The summed E-state index contributed by atoms with van der Waals surface area (Å²) in [7, 11) is -1.74. The number of aryl methyl sites for hydroxylation is 1. The van der Waals surface area contributed by atoms with Crippen LogP contribution in [-0.4, -0.2) is 39.9 Å². The van der Waals surface area contributed by atoms with Gasteiger partial charge in [-0.3, -0.25) is 0 Å². The molecule has 8 heteroatoms. The SMILES string of the molecule is CC1CCC(CNc2nc3c(s2)CCOc2ccccc2-3)CC1.COc1ccc(C)cc1S(C)(=O)=O. The van der Waals surface area contributed by atoms with Crippen molar-refractivity contribution in [2.24, 2.45) is 11.8 Å². The molecule has 194 valence electrons. The highest BCUT2D eigenvalue weighted by Gasteiger charge is 2.22. The molecule has 0 amide bonds. The summed E-state index contributed by atoms with van der Waals surface area (Å²) >= 11 is 1.80. The number of sulfone groups is 1. The first-order chi connectivity index (χ1) is 17.2. The standard InChI is InChI=1S/C19H24N2OS.C9H12O3S/c1-13-6-8-14(9-7-13)12-20-19-21-18-15-4-2-3-5-16(15)22-11-10-17(18)23-19;1-7-4-5-8(12-2)9(6-7)13(3,10)11/h2-5,13-14H,6-12H2,1H3,(H,20,21);4-6H,1-3H3. The first-order valence-electron chi connectivity index (χ1n) is 12.5. The summed E-state index contributed by atoms with van der Waals surface area (Å²) in [5, 5.41) is 4.68. The smallest absolute Gasteiger partial charge is 0.183 e. The van der Waals surface area contributed by atoms with Crippen LogP contribution in [0.5, 0.6) is 11.5 Å². The molecule has 2 aromatic carbocycles. The van der Waals surface area contributed by atoms with E-state index in [2.05, 4.69) is 24.4 Å². The lowest BCUT2D eigenvalue weighted by atomic mass is 9.83. The number of aromatic nitrogens is 1. The number of nitrogens with one attached hydrogen (secondary N) is 1. The number of anilines is 1. The minimum Gasteiger partial charge on any atom is -0.495 e. The number of fused-ring (bicyclic) bond motifs is 3. The molecule has 3 aromatic rings. The van der Waals surface area contributed by atoms with Gasteiger partial charge in [0.2, 0.25) is 0 Å². The maximum Gasteiger partial charge on any atom is 0.183 e. The second-order valence-electron chi connectivity index (χ2n) is 9.82. The Kier molecular flexibility index (Phi) is 8.57. The van der Waals surface area contributed by atoms with Crippen LogP contribution in [0.25, 0.3) is 11.3 Å². The highest BCUT2D eigenvalue weighted by molar-refractivity contribution is 7.90. The van der Waals surface area contributed by atoms with Crippen LogP contribution in [0, 0.1) is 18.8 Å². The molecular weight excluding hydrogens is 492 g/mol. The fourth-order valence-electron chi connectivity index (χ4n) is 4.69. The van der Waals surface area contributed by atoms with Gasteiger partial charge in [0.1, 0.15) is 16.4 Å². The Morgan fingerprint density at radius 3 is 2.61 bits per heavy atom. The van der Waals surface area contributed by atoms with Gasteiger partial charge in [0.05, 0.1) is 19.4 Å². The summed E-state index contributed by atoms with van der Waals surface area (Å²) in [6, 6.07) is 13.3. The molecule has 0 bridgehead atoms. The molecule has 2 aliphatic rings. The maximum absolute atomic E-state index is 11.3. The number of nitrogens with zero attached hydrogens (tertiary/aromatic N) is 1. The Bertz CT molecular complexity index is 1280. The van der Waals surface area contributed by atoms with E-state index < -0.39 is 9.84 Å². The number of hydrogen-bond acceptors (Lipinski definition) is 7. The minimum absolute atomic E-state index is 0.245. The lowest BCUT2D eigenvalue weighted by Gasteiger charge is -2.26. The van der Waals surface area contributed by atoms with E-state index in [1.807, 2.05) is 25.1 Å². The van der Waals surface area contributed by atoms with Crippen LogP contribution < -0.4 is 14.8 Å². The molecule has 0 radical (unpaired) electrons. The Hall–Kier alpha value is -2.58. The fraction of sp³-hybridized carbons (Fsp3) is 0.464. The molecule has 1 aromatic heterocycles. The van der Waals surface area contributed by atoms with Crippen LogP contribution in [0.15, 0.2) is 47.4 Å². The van der Waals surface area contributed by atoms with Gasteiger partial charge in [-0.05, 0) is 61.4 Å². The topological polar surface area (TPSA) is 77.5 Å². The summed E-state index contributed by atoms with van der Waals surface area (Å²) in [5.74, 6) is 3.08. The number of rotatable bonds is 5. The quantitative estimate of drug-likeness (QED) is 0.413.